The van der Waals surface area contributed by atoms with Crippen LogP contribution in [0, 0.1) is 23.3 Å². The number of nitrogens with two attached hydrogens (primary N) is 1. The summed E-state index contributed by atoms with van der Waals surface area (Å²) in [4.78, 5) is 0. The highest BCUT2D eigenvalue weighted by Gasteiger charge is 2.20. The highest BCUT2D eigenvalue weighted by molar-refractivity contribution is 6.42. The van der Waals surface area contributed by atoms with E-state index in [0.29, 0.717) is 0 Å². The van der Waals surface area contributed by atoms with E-state index in [1.54, 1.807) is 0 Å². The van der Waals surface area contributed by atoms with E-state index in [4.69, 9.17) is 28.9 Å². The van der Waals surface area contributed by atoms with Crippen LogP contribution in [0.1, 0.15) is 0 Å². The molecule has 0 fully saturated rings. The van der Waals surface area contributed by atoms with Gasteiger partial charge in [0.05, 0.1) is 21.4 Å². The van der Waals surface area contributed by atoms with Crippen molar-refractivity contribution in [2.45, 2.75) is 0 Å². The lowest BCUT2D eigenvalue weighted by Gasteiger charge is -2.13. The van der Waals surface area contributed by atoms with Gasteiger partial charge in [-0.1, -0.05) is 23.2 Å². The van der Waals surface area contributed by atoms with Gasteiger partial charge in [0.1, 0.15) is 5.69 Å². The van der Waals surface area contributed by atoms with Gasteiger partial charge in [-0.3, -0.25) is 0 Å². The quantitative estimate of drug-likeness (QED) is 0.469. The van der Waals surface area contributed by atoms with Crippen LogP contribution in [0.5, 0.6) is 0 Å². The summed E-state index contributed by atoms with van der Waals surface area (Å²) in [5.74, 6) is -6.22. The van der Waals surface area contributed by atoms with Gasteiger partial charge in [0.15, 0.2) is 23.3 Å². The van der Waals surface area contributed by atoms with E-state index in [2.05, 4.69) is 5.32 Å². The minimum atomic E-state index is -1.57. The standard InChI is InChI=1S/C12H6Cl2F4N2/c13-4-1-8(19)9(2-5(4)14)20-12-10(17)6(15)3-7(16)11(12)18/h1-3,20H,19H2. The highest BCUT2D eigenvalue weighted by Crippen LogP contribution is 2.34. The second-order valence-electron chi connectivity index (χ2n) is 3.82. The minimum absolute atomic E-state index is 0.00266. The van der Waals surface area contributed by atoms with Crippen molar-refractivity contribution >= 4 is 40.3 Å². The molecule has 106 valence electrons. The second-order valence-corrected chi connectivity index (χ2v) is 4.64. The fourth-order valence-electron chi connectivity index (χ4n) is 1.49. The predicted molar refractivity (Wildman–Crippen MR) is 70.4 cm³/mol. The maximum atomic E-state index is 13.5. The molecule has 0 aliphatic rings. The van der Waals surface area contributed by atoms with Gasteiger partial charge < -0.3 is 11.1 Å². The maximum absolute atomic E-state index is 13.5. The van der Waals surface area contributed by atoms with E-state index < -0.39 is 29.0 Å². The third-order valence-electron chi connectivity index (χ3n) is 2.46. The third kappa shape index (κ3) is 2.62. The summed E-state index contributed by atoms with van der Waals surface area (Å²) in [5.41, 5.74) is 4.53. The lowest BCUT2D eigenvalue weighted by Crippen LogP contribution is -2.04. The van der Waals surface area contributed by atoms with Gasteiger partial charge in [-0.2, -0.15) is 0 Å². The molecule has 2 aromatic carbocycles. The first-order valence-corrected chi connectivity index (χ1v) is 5.91. The van der Waals surface area contributed by atoms with Crippen LogP contribution < -0.4 is 11.1 Å². The van der Waals surface area contributed by atoms with Crippen LogP contribution in [0.2, 0.25) is 10.0 Å². The number of benzene rings is 2. The lowest BCUT2D eigenvalue weighted by molar-refractivity contribution is 0.459. The van der Waals surface area contributed by atoms with Crippen LogP contribution in [0.15, 0.2) is 18.2 Å². The number of nitrogen functional groups attached to an aromatic ring is 1. The molecular formula is C12H6Cl2F4N2. The molecule has 0 aromatic heterocycles. The summed E-state index contributed by atoms with van der Waals surface area (Å²) < 4.78 is 53.1. The molecule has 0 spiro atoms. The van der Waals surface area contributed by atoms with Crippen LogP contribution in [0.25, 0.3) is 0 Å². The van der Waals surface area contributed by atoms with Crippen molar-refractivity contribution < 1.29 is 17.6 Å². The van der Waals surface area contributed by atoms with Crippen molar-refractivity contribution in [3.05, 3.63) is 51.5 Å². The van der Waals surface area contributed by atoms with E-state index in [0.717, 1.165) is 0 Å². The molecule has 2 rings (SSSR count). The van der Waals surface area contributed by atoms with Crippen LogP contribution in [-0.4, -0.2) is 0 Å². The molecule has 0 radical (unpaired) electrons. The molecule has 0 aliphatic heterocycles. The first-order chi connectivity index (χ1) is 9.31. The van der Waals surface area contributed by atoms with E-state index in [1.807, 2.05) is 0 Å². The zero-order valence-corrected chi connectivity index (χ0v) is 11.1. The molecule has 2 nitrogen and oxygen atoms in total. The van der Waals surface area contributed by atoms with Gasteiger partial charge in [0.2, 0.25) is 0 Å². The van der Waals surface area contributed by atoms with Crippen molar-refractivity contribution in [3.8, 4) is 0 Å². The molecule has 0 aliphatic carbocycles. The van der Waals surface area contributed by atoms with E-state index in [9.17, 15) is 17.6 Å². The Morgan fingerprint density at radius 1 is 0.850 bits per heavy atom. The molecule has 3 N–H and O–H groups in total. The van der Waals surface area contributed by atoms with Crippen LogP contribution in [0.3, 0.4) is 0 Å². The Balaban J connectivity index is 2.53. The summed E-state index contributed by atoms with van der Waals surface area (Å²) in [5, 5.41) is 2.34. The topological polar surface area (TPSA) is 38.0 Å². The monoisotopic (exact) mass is 324 g/mol. The smallest absolute Gasteiger partial charge is 0.185 e. The zero-order valence-electron chi connectivity index (χ0n) is 9.58. The summed E-state index contributed by atoms with van der Waals surface area (Å²) in [6, 6.07) is 2.52. The largest absolute Gasteiger partial charge is 0.397 e. The molecule has 0 amide bonds. The third-order valence-corrected chi connectivity index (χ3v) is 3.19. The number of nitrogens with one attached hydrogen (secondary N) is 1. The molecule has 0 atom stereocenters. The summed E-state index contributed by atoms with van der Waals surface area (Å²) in [6.45, 7) is 0. The maximum Gasteiger partial charge on any atom is 0.185 e. The van der Waals surface area contributed by atoms with Gasteiger partial charge >= 0.3 is 0 Å². The fraction of sp³-hybridized carbons (Fsp3) is 0. The van der Waals surface area contributed by atoms with Gasteiger partial charge in [-0.25, -0.2) is 17.6 Å². The Morgan fingerprint density at radius 2 is 1.35 bits per heavy atom. The van der Waals surface area contributed by atoms with E-state index in [-0.39, 0.29) is 27.5 Å². The van der Waals surface area contributed by atoms with Gasteiger partial charge in [0.25, 0.3) is 0 Å². The van der Waals surface area contributed by atoms with Gasteiger partial charge in [0, 0.05) is 6.07 Å². The highest BCUT2D eigenvalue weighted by atomic mass is 35.5. The Morgan fingerprint density at radius 3 is 1.90 bits per heavy atom. The Labute approximate surface area is 121 Å². The fourth-order valence-corrected chi connectivity index (χ4v) is 1.82. The molecule has 0 saturated heterocycles. The number of halogens is 6. The summed E-state index contributed by atoms with van der Waals surface area (Å²) in [6.07, 6.45) is 0. The molecule has 0 heterocycles. The molecule has 0 bridgehead atoms. The zero-order chi connectivity index (χ0) is 15.0. The number of anilines is 3. The van der Waals surface area contributed by atoms with E-state index in [1.165, 1.54) is 12.1 Å². The number of rotatable bonds is 2. The molecule has 0 saturated carbocycles. The Kier molecular flexibility index (Phi) is 3.96. The Hall–Kier alpha value is -1.66. The van der Waals surface area contributed by atoms with Crippen molar-refractivity contribution in [2.24, 2.45) is 0 Å². The SMILES string of the molecule is Nc1cc(Cl)c(Cl)cc1Nc1c(F)c(F)cc(F)c1F. The molecule has 0 unspecified atom stereocenters. The minimum Gasteiger partial charge on any atom is -0.397 e. The van der Waals surface area contributed by atoms with Gasteiger partial charge in [-0.15, -0.1) is 0 Å². The van der Waals surface area contributed by atoms with Gasteiger partial charge in [-0.05, 0) is 12.1 Å². The molecule has 2 aromatic rings. The second kappa shape index (κ2) is 5.38. The average Bonchev–Trinajstić information content (AvgIpc) is 2.38. The van der Waals surface area contributed by atoms with Crippen LogP contribution in [0.4, 0.5) is 34.6 Å². The van der Waals surface area contributed by atoms with Crippen molar-refractivity contribution in [1.82, 2.24) is 0 Å². The van der Waals surface area contributed by atoms with E-state index >= 15 is 0 Å². The number of hydrogen-bond donors (Lipinski definition) is 2. The summed E-state index contributed by atoms with van der Waals surface area (Å²) >= 11 is 11.4. The first-order valence-electron chi connectivity index (χ1n) is 5.15. The molecular weight excluding hydrogens is 319 g/mol. The van der Waals surface area contributed by atoms with Crippen molar-refractivity contribution in [3.63, 3.8) is 0 Å². The summed E-state index contributed by atoms with van der Waals surface area (Å²) in [7, 11) is 0. The lowest BCUT2D eigenvalue weighted by atomic mass is 10.2. The molecule has 20 heavy (non-hydrogen) atoms. The Bertz CT molecular complexity index is 666. The first kappa shape index (κ1) is 14.7. The number of hydrogen-bond acceptors (Lipinski definition) is 2. The van der Waals surface area contributed by atoms with Crippen LogP contribution >= 0.6 is 23.2 Å². The normalized spacial score (nSPS) is 10.7. The van der Waals surface area contributed by atoms with Crippen LogP contribution in [-0.2, 0) is 0 Å². The predicted octanol–water partition coefficient (Wildman–Crippen LogP) is 4.88. The van der Waals surface area contributed by atoms with Crippen molar-refractivity contribution in [1.29, 1.82) is 0 Å². The van der Waals surface area contributed by atoms with Crippen molar-refractivity contribution in [2.75, 3.05) is 11.1 Å². The molecule has 8 heteroatoms. The average molecular weight is 325 g/mol.